The lowest BCUT2D eigenvalue weighted by Gasteiger charge is -2.24. The maximum absolute atomic E-state index is 12.6. The molecule has 32 heavy (non-hydrogen) atoms. The van der Waals surface area contributed by atoms with Gasteiger partial charge in [-0.2, -0.15) is 13.2 Å². The van der Waals surface area contributed by atoms with Gasteiger partial charge in [0.25, 0.3) is 0 Å². The van der Waals surface area contributed by atoms with Crippen LogP contribution in [0, 0.1) is 12.3 Å². The van der Waals surface area contributed by atoms with Gasteiger partial charge in [0.15, 0.2) is 0 Å². The zero-order chi connectivity index (χ0) is 23.5. The maximum atomic E-state index is 12.6. The highest BCUT2D eigenvalue weighted by Crippen LogP contribution is 2.43. The summed E-state index contributed by atoms with van der Waals surface area (Å²) in [5, 5.41) is 8.23. The molecule has 4 rings (SSSR count). The molecule has 1 aromatic carbocycles. The zero-order valence-corrected chi connectivity index (χ0v) is 18.6. The molecule has 1 spiro atoms. The molecule has 1 aromatic heterocycles. The fourth-order valence-electron chi connectivity index (χ4n) is 4.09. The van der Waals surface area contributed by atoms with Gasteiger partial charge < -0.3 is 14.7 Å². The first-order valence-electron chi connectivity index (χ1n) is 10.0. The van der Waals surface area contributed by atoms with Crippen LogP contribution in [0.2, 0.25) is 0 Å². The van der Waals surface area contributed by atoms with E-state index >= 15 is 0 Å². The summed E-state index contributed by atoms with van der Waals surface area (Å²) in [6.07, 6.45) is -3.29. The molecule has 1 N–H and O–H groups in total. The Morgan fingerprint density at radius 1 is 1.19 bits per heavy atom. The Bertz CT molecular complexity index is 961. The summed E-state index contributed by atoms with van der Waals surface area (Å²) in [5.41, 5.74) is 1.43. The molecule has 0 bridgehead atoms. The second kappa shape index (κ2) is 9.50. The van der Waals surface area contributed by atoms with E-state index in [0.29, 0.717) is 6.42 Å². The van der Waals surface area contributed by atoms with Gasteiger partial charge in [0.1, 0.15) is 5.75 Å². The highest BCUT2D eigenvalue weighted by atomic mass is 32.1. The van der Waals surface area contributed by atoms with Gasteiger partial charge in [0.05, 0.1) is 12.1 Å². The molecule has 2 aromatic rings. The summed E-state index contributed by atoms with van der Waals surface area (Å²) < 4.78 is 37.0. The van der Waals surface area contributed by atoms with Gasteiger partial charge in [-0.1, -0.05) is 12.1 Å². The SMILES string of the molecule is COc1ccc(CN2CCC3(CC(=O)N(c4ccc(C)s4)C3)C2)cc1.O=C(O)C(F)(F)F. The maximum Gasteiger partial charge on any atom is 0.490 e. The number of carbonyl (C=O) groups excluding carboxylic acids is 1. The summed E-state index contributed by atoms with van der Waals surface area (Å²) in [6, 6.07) is 12.5. The number of aliphatic carboxylic acids is 1. The lowest BCUT2D eigenvalue weighted by atomic mass is 9.86. The normalized spacial score (nSPS) is 21.0. The Morgan fingerprint density at radius 2 is 1.84 bits per heavy atom. The average molecular weight is 471 g/mol. The van der Waals surface area contributed by atoms with Gasteiger partial charge in [0.2, 0.25) is 5.91 Å². The molecule has 2 fully saturated rings. The molecule has 6 nitrogen and oxygen atoms in total. The number of hydrogen-bond acceptors (Lipinski definition) is 5. The number of rotatable bonds is 4. The monoisotopic (exact) mass is 470 g/mol. The van der Waals surface area contributed by atoms with Crippen LogP contribution in [0.5, 0.6) is 5.75 Å². The first kappa shape index (κ1) is 24.1. The molecule has 1 unspecified atom stereocenters. The number of ether oxygens (including phenoxy) is 1. The second-order valence-electron chi connectivity index (χ2n) is 8.15. The number of nitrogens with zero attached hydrogens (tertiary/aromatic N) is 2. The van der Waals surface area contributed by atoms with Crippen LogP contribution in [0.3, 0.4) is 0 Å². The number of carbonyl (C=O) groups is 2. The molecule has 2 aliphatic rings. The van der Waals surface area contributed by atoms with Crippen LogP contribution in [0.15, 0.2) is 36.4 Å². The third kappa shape index (κ3) is 5.80. The summed E-state index contributed by atoms with van der Waals surface area (Å²) in [5.74, 6) is -1.58. The smallest absolute Gasteiger partial charge is 0.490 e. The third-order valence-electron chi connectivity index (χ3n) is 5.64. The van der Waals surface area contributed by atoms with Crippen LogP contribution in [0.25, 0.3) is 0 Å². The number of aryl methyl sites for hydroxylation is 1. The predicted octanol–water partition coefficient (Wildman–Crippen LogP) is 4.33. The van der Waals surface area contributed by atoms with Crippen LogP contribution in [0.1, 0.15) is 23.3 Å². The van der Waals surface area contributed by atoms with Crippen molar-refractivity contribution in [2.45, 2.75) is 32.5 Å². The summed E-state index contributed by atoms with van der Waals surface area (Å²) >= 11 is 1.72. The number of halogens is 3. The van der Waals surface area contributed by atoms with E-state index in [-0.39, 0.29) is 11.3 Å². The molecule has 0 radical (unpaired) electrons. The second-order valence-corrected chi connectivity index (χ2v) is 9.42. The summed E-state index contributed by atoms with van der Waals surface area (Å²) in [7, 11) is 1.69. The number of alkyl halides is 3. The first-order valence-corrected chi connectivity index (χ1v) is 10.9. The van der Waals surface area contributed by atoms with Crippen molar-refractivity contribution in [2.75, 3.05) is 31.6 Å². The Morgan fingerprint density at radius 3 is 2.38 bits per heavy atom. The number of carboxylic acid groups (broad SMARTS) is 1. The van der Waals surface area contributed by atoms with Crippen molar-refractivity contribution in [1.82, 2.24) is 4.90 Å². The Kier molecular flexibility index (Phi) is 7.14. The van der Waals surface area contributed by atoms with Gasteiger partial charge in [0, 0.05) is 36.3 Å². The Balaban J connectivity index is 0.000000360. The van der Waals surface area contributed by atoms with Crippen molar-refractivity contribution in [2.24, 2.45) is 5.41 Å². The van der Waals surface area contributed by atoms with E-state index in [4.69, 9.17) is 14.6 Å². The largest absolute Gasteiger partial charge is 0.497 e. The van der Waals surface area contributed by atoms with Crippen LogP contribution in [-0.2, 0) is 16.1 Å². The lowest BCUT2D eigenvalue weighted by Crippen LogP contribution is -2.30. The number of hydrogen-bond donors (Lipinski definition) is 1. The number of benzene rings is 1. The standard InChI is InChI=1S/C20H24N2O2S.C2HF3O2/c1-15-3-8-19(25-15)22-14-20(11-18(22)23)9-10-21(13-20)12-16-4-6-17(24-2)7-5-16;3-2(4,5)1(6)7/h3-8H,9-14H2,1-2H3;(H,6,7). The number of likely N-dealkylation sites (tertiary alicyclic amines) is 1. The van der Waals surface area contributed by atoms with Gasteiger partial charge in [-0.3, -0.25) is 9.69 Å². The minimum Gasteiger partial charge on any atom is -0.497 e. The highest BCUT2D eigenvalue weighted by Gasteiger charge is 2.47. The highest BCUT2D eigenvalue weighted by molar-refractivity contribution is 7.16. The molecule has 2 saturated heterocycles. The van der Waals surface area contributed by atoms with Crippen molar-refractivity contribution >= 4 is 28.2 Å². The van der Waals surface area contributed by atoms with Gasteiger partial charge in [-0.15, -0.1) is 11.3 Å². The van der Waals surface area contributed by atoms with Gasteiger partial charge >= 0.3 is 12.1 Å². The van der Waals surface area contributed by atoms with Crippen LogP contribution >= 0.6 is 11.3 Å². The fraction of sp³-hybridized carbons (Fsp3) is 0.455. The number of amides is 1. The van der Waals surface area contributed by atoms with Crippen molar-refractivity contribution in [1.29, 1.82) is 0 Å². The number of carboxylic acids is 1. The Hall–Kier alpha value is -2.59. The molecular formula is C22H25F3N2O4S. The molecule has 1 amide bonds. The molecule has 0 aliphatic carbocycles. The molecule has 2 aliphatic heterocycles. The first-order chi connectivity index (χ1) is 15.0. The van der Waals surface area contributed by atoms with E-state index in [2.05, 4.69) is 36.1 Å². The topological polar surface area (TPSA) is 70.1 Å². The van der Waals surface area contributed by atoms with Crippen LogP contribution < -0.4 is 9.64 Å². The fourth-order valence-corrected chi connectivity index (χ4v) is 4.97. The molecule has 10 heteroatoms. The molecule has 1 atom stereocenters. The van der Waals surface area contributed by atoms with Crippen LogP contribution in [0.4, 0.5) is 18.2 Å². The summed E-state index contributed by atoms with van der Waals surface area (Å²) in [6.45, 7) is 5.97. The quantitative estimate of drug-likeness (QED) is 0.721. The van der Waals surface area contributed by atoms with Crippen molar-refractivity contribution in [3.63, 3.8) is 0 Å². The van der Waals surface area contributed by atoms with Crippen molar-refractivity contribution in [3.05, 3.63) is 46.8 Å². The van der Waals surface area contributed by atoms with E-state index in [1.807, 2.05) is 17.0 Å². The molecule has 3 heterocycles. The van der Waals surface area contributed by atoms with E-state index in [0.717, 1.165) is 43.4 Å². The number of thiophene rings is 1. The minimum atomic E-state index is -5.08. The van der Waals surface area contributed by atoms with Gasteiger partial charge in [-0.25, -0.2) is 4.79 Å². The van der Waals surface area contributed by atoms with Gasteiger partial charge in [-0.05, 0) is 49.7 Å². The Labute approximate surface area is 188 Å². The van der Waals surface area contributed by atoms with Crippen LogP contribution in [-0.4, -0.2) is 54.8 Å². The zero-order valence-electron chi connectivity index (χ0n) is 17.8. The van der Waals surface area contributed by atoms with E-state index in [9.17, 15) is 18.0 Å². The third-order valence-corrected chi connectivity index (χ3v) is 6.66. The molecule has 0 saturated carbocycles. The van der Waals surface area contributed by atoms with E-state index in [1.165, 1.54) is 10.4 Å². The molecular weight excluding hydrogens is 445 g/mol. The molecule has 174 valence electrons. The van der Waals surface area contributed by atoms with Crippen molar-refractivity contribution in [3.8, 4) is 5.75 Å². The minimum absolute atomic E-state index is 0.126. The number of anilines is 1. The van der Waals surface area contributed by atoms with E-state index < -0.39 is 12.1 Å². The van der Waals surface area contributed by atoms with Crippen molar-refractivity contribution < 1.29 is 32.6 Å². The predicted molar refractivity (Wildman–Crippen MR) is 115 cm³/mol. The lowest BCUT2D eigenvalue weighted by molar-refractivity contribution is -0.192. The summed E-state index contributed by atoms with van der Waals surface area (Å²) in [4.78, 5) is 27.2. The van der Waals surface area contributed by atoms with E-state index in [1.54, 1.807) is 18.4 Å². The number of methoxy groups -OCH3 is 1. The average Bonchev–Trinajstić information content (AvgIpc) is 3.41.